The van der Waals surface area contributed by atoms with Crippen LogP contribution >= 0.6 is 0 Å². The molecule has 0 atom stereocenters. The van der Waals surface area contributed by atoms with Crippen molar-refractivity contribution in [2.45, 2.75) is 105 Å². The zero-order chi connectivity index (χ0) is 57.7. The first kappa shape index (κ1) is 45.0. The van der Waals surface area contributed by atoms with Crippen LogP contribution in [0.4, 0.5) is 22.7 Å². The second-order valence-electron chi connectivity index (χ2n) is 23.2. The normalized spacial score (nSPS) is 14.2. The average Bonchev–Trinajstić information content (AvgIpc) is 2.28. The van der Waals surface area contributed by atoms with Gasteiger partial charge in [-0.2, -0.15) is 12.1 Å². The van der Waals surface area contributed by atoms with E-state index in [1.54, 1.807) is 6.07 Å². The van der Waals surface area contributed by atoms with Gasteiger partial charge in [0.25, 0.3) is 0 Å². The molecule has 2 aromatic heterocycles. The molecule has 11 rings (SSSR count). The molecule has 0 amide bonds. The van der Waals surface area contributed by atoms with Gasteiger partial charge in [0.15, 0.2) is 0 Å². The van der Waals surface area contributed by atoms with E-state index in [9.17, 15) is 4.11 Å². The predicted octanol–water partition coefficient (Wildman–Crippen LogP) is 19.3. The number of aryl methyl sites for hydroxylation is 1. The van der Waals surface area contributed by atoms with Crippen LogP contribution in [-0.2, 0) is 37.3 Å². The second-order valence-corrected chi connectivity index (χ2v) is 23.2. The van der Waals surface area contributed by atoms with Crippen LogP contribution in [0.25, 0.3) is 61.0 Å². The Morgan fingerprint density at radius 1 is 0.592 bits per heavy atom. The Morgan fingerprint density at radius 2 is 1.21 bits per heavy atom. The molecule has 386 valence electrons. The van der Waals surface area contributed by atoms with Crippen LogP contribution in [-0.4, -0.2) is 9.55 Å². The van der Waals surface area contributed by atoms with Gasteiger partial charge < -0.3 is 19.1 Å². The maximum Gasteiger partial charge on any atom is 0.135 e. The van der Waals surface area contributed by atoms with E-state index in [4.69, 9.17) is 13.8 Å². The van der Waals surface area contributed by atoms with Gasteiger partial charge in [-0.1, -0.05) is 197 Å². The Kier molecular flexibility index (Phi) is 11.9. The summed E-state index contributed by atoms with van der Waals surface area (Å²) in [4.78, 5) is 9.17. The molecule has 0 fully saturated rings. The van der Waals surface area contributed by atoms with Crippen LogP contribution in [0.15, 0.2) is 176 Å². The number of hydrogen-bond donors (Lipinski definition) is 0. The number of benzene rings is 8. The Labute approximate surface area is 473 Å². The smallest absolute Gasteiger partial charge is 0.135 e. The van der Waals surface area contributed by atoms with Gasteiger partial charge in [0.2, 0.25) is 0 Å². The summed E-state index contributed by atoms with van der Waals surface area (Å²) >= 11 is 0. The first-order valence-corrected chi connectivity index (χ1v) is 26.0. The molecule has 0 bridgehead atoms. The number of rotatable bonds is 9. The first-order chi connectivity index (χ1) is 38.3. The molecule has 0 spiro atoms. The first-order valence-electron chi connectivity index (χ1n) is 29.0. The van der Waals surface area contributed by atoms with Crippen molar-refractivity contribution >= 4 is 44.6 Å². The van der Waals surface area contributed by atoms with Crippen molar-refractivity contribution < 1.29 is 34.0 Å². The van der Waals surface area contributed by atoms with Gasteiger partial charge in [0.1, 0.15) is 5.82 Å². The van der Waals surface area contributed by atoms with E-state index in [1.165, 1.54) is 11.1 Å². The fourth-order valence-electron chi connectivity index (χ4n) is 10.4. The number of para-hydroxylation sites is 4. The van der Waals surface area contributed by atoms with Crippen LogP contribution in [0.3, 0.4) is 0 Å². The number of ether oxygens (including phenoxy) is 1. The minimum atomic E-state index is -2.35. The molecule has 76 heavy (non-hydrogen) atoms. The third-order valence-corrected chi connectivity index (χ3v) is 14.5. The quantitative estimate of drug-likeness (QED) is 0.135. The Balaban J connectivity index is 0.00000753. The molecule has 0 saturated carbocycles. The molecule has 0 radical (unpaired) electrons. The summed E-state index contributed by atoms with van der Waals surface area (Å²) in [6.07, 6.45) is 2.03. The van der Waals surface area contributed by atoms with Crippen LogP contribution < -0.4 is 14.5 Å². The van der Waals surface area contributed by atoms with Gasteiger partial charge in [0.05, 0.1) is 4.11 Å². The van der Waals surface area contributed by atoms with E-state index in [0.717, 1.165) is 55.7 Å². The van der Waals surface area contributed by atoms with Crippen LogP contribution in [0, 0.1) is 25.7 Å². The van der Waals surface area contributed by atoms with Gasteiger partial charge in [-0.25, -0.2) is 4.98 Å². The van der Waals surface area contributed by atoms with Crippen molar-refractivity contribution in [2.24, 2.45) is 0 Å². The van der Waals surface area contributed by atoms with Crippen LogP contribution in [0.1, 0.15) is 118 Å². The van der Waals surface area contributed by atoms with Gasteiger partial charge >= 0.3 is 0 Å². The zero-order valence-electron chi connectivity index (χ0n) is 51.2. The van der Waals surface area contributed by atoms with E-state index >= 15 is 0 Å². The minimum absolute atomic E-state index is 0. The Morgan fingerprint density at radius 3 is 1.86 bits per heavy atom. The molecule has 0 aliphatic carbocycles. The summed E-state index contributed by atoms with van der Waals surface area (Å²) in [5.74, 6) is 1.94. The molecule has 8 aromatic carbocycles. The summed E-state index contributed by atoms with van der Waals surface area (Å²) in [5, 5.41) is 2.12. The van der Waals surface area contributed by atoms with Crippen molar-refractivity contribution in [3.05, 3.63) is 223 Å². The molecule has 6 heteroatoms. The third kappa shape index (κ3) is 9.80. The standard InChI is InChI=1S/C70H67N4O.Pt/c1-45(2)50-33-37-55(46(3)39-50)47-27-29-48(30-28-47)56-22-18-23-57(49-31-34-51(35-32-49)68(4,5)6)67(56)73-44-72(63-25-15-16-26-64(63)73)52-19-17-20-53(40-52)75-54-36-38-59-58-21-13-14-24-62(58)74(65(59)41-54)66-42-60(69(7,8)9)61(43-71-66)70(10,11)12;/h13-39,42-45H,1-12H3;/q-3;/i3D3,18D,22D,23D;. The summed E-state index contributed by atoms with van der Waals surface area (Å²) in [7, 11) is 0. The van der Waals surface area contributed by atoms with E-state index in [2.05, 4.69) is 128 Å². The Bertz CT molecular complexity index is 4070. The molecule has 3 heterocycles. The van der Waals surface area contributed by atoms with Gasteiger partial charge in [0, 0.05) is 76.6 Å². The number of anilines is 4. The third-order valence-electron chi connectivity index (χ3n) is 14.5. The fourth-order valence-corrected chi connectivity index (χ4v) is 10.4. The van der Waals surface area contributed by atoms with Gasteiger partial charge in [-0.15, -0.1) is 48.1 Å². The molecule has 0 saturated heterocycles. The topological polar surface area (TPSA) is 33.5 Å². The van der Waals surface area contributed by atoms with Crippen molar-refractivity contribution in [1.29, 1.82) is 0 Å². The molecule has 10 aromatic rings. The SMILES string of the molecule is [2H]c1c([2H])c(-c2ccc(-c3ccc(C(C)C)cc3C([2H])([2H])[2H])cc2)c(N2[CH-]N(c3[c-]c(Oc4[c-]c5c(cc4)c4ccccc4n5-c4cc(C(C)(C)C)c(C(C)(C)C)cn4)ccc3)c3ccccc32)c(-c2ccc(C(C)(C)C)cc2)c1[2H].[Pt]. The minimum Gasteiger partial charge on any atom is -0.509 e. The average molecular weight is 1180 g/mol. The molecular formula is C70H67N4OPt-3. The number of aromatic nitrogens is 2. The van der Waals surface area contributed by atoms with Gasteiger partial charge in [-0.05, 0) is 109 Å². The molecular weight excluding hydrogens is 1110 g/mol. The molecule has 5 nitrogen and oxygen atoms in total. The fraction of sp³-hybridized carbons (Fsp3) is 0.229. The monoisotopic (exact) mass is 1180 g/mol. The molecule has 0 unspecified atom stereocenters. The summed E-state index contributed by atoms with van der Waals surface area (Å²) in [5.41, 5.74) is 12.8. The molecule has 0 N–H and O–H groups in total. The summed E-state index contributed by atoms with van der Waals surface area (Å²) in [6, 6.07) is 56.6. The second kappa shape index (κ2) is 20.1. The number of hydrogen-bond acceptors (Lipinski definition) is 4. The summed E-state index contributed by atoms with van der Waals surface area (Å²) in [6.45, 7) is 23.6. The van der Waals surface area contributed by atoms with Crippen molar-refractivity contribution in [1.82, 2.24) is 9.55 Å². The molecule has 1 aliphatic heterocycles. The van der Waals surface area contributed by atoms with E-state index in [1.807, 2.05) is 134 Å². The van der Waals surface area contributed by atoms with Crippen LogP contribution in [0.2, 0.25) is 0 Å². The van der Waals surface area contributed by atoms with E-state index < -0.39 is 6.85 Å². The zero-order valence-corrected chi connectivity index (χ0v) is 47.5. The predicted molar refractivity (Wildman–Crippen MR) is 315 cm³/mol. The maximum absolute atomic E-state index is 9.73. The van der Waals surface area contributed by atoms with Crippen molar-refractivity contribution in [3.63, 3.8) is 0 Å². The van der Waals surface area contributed by atoms with Crippen molar-refractivity contribution in [2.75, 3.05) is 9.80 Å². The summed E-state index contributed by atoms with van der Waals surface area (Å²) < 4.78 is 63.2. The number of fused-ring (bicyclic) bond motifs is 4. The van der Waals surface area contributed by atoms with Crippen molar-refractivity contribution in [3.8, 4) is 50.7 Å². The van der Waals surface area contributed by atoms with E-state index in [0.29, 0.717) is 50.7 Å². The molecule has 1 aliphatic rings. The van der Waals surface area contributed by atoms with Crippen LogP contribution in [0.5, 0.6) is 11.5 Å². The van der Waals surface area contributed by atoms with Gasteiger partial charge in [-0.3, -0.25) is 0 Å². The number of pyridine rings is 1. The largest absolute Gasteiger partial charge is 0.509 e. The Hall–Kier alpha value is -7.20. The maximum atomic E-state index is 9.73. The van der Waals surface area contributed by atoms with E-state index in [-0.39, 0.29) is 66.9 Å². The number of nitrogens with zero attached hydrogens (tertiary/aromatic N) is 4.